The summed E-state index contributed by atoms with van der Waals surface area (Å²) in [5.74, 6) is -2.01. The van der Waals surface area contributed by atoms with Gasteiger partial charge in [-0.1, -0.05) is 122 Å². The van der Waals surface area contributed by atoms with E-state index in [1.54, 1.807) is 0 Å². The number of hydrogen-bond donors (Lipinski definition) is 4. The second-order valence-electron chi connectivity index (χ2n) is 14.6. The lowest BCUT2D eigenvalue weighted by molar-refractivity contribution is -0.297. The van der Waals surface area contributed by atoms with E-state index in [0.717, 1.165) is 64.2 Å². The van der Waals surface area contributed by atoms with Gasteiger partial charge in [-0.25, -0.2) is 0 Å². The van der Waals surface area contributed by atoms with Gasteiger partial charge in [-0.3, -0.25) is 14.1 Å². The van der Waals surface area contributed by atoms with Gasteiger partial charge in [-0.2, -0.15) is 8.42 Å². The topological polar surface area (TPSA) is 186 Å². The number of unbranched alkanes of at least 4 members (excludes halogenated alkanes) is 18. The number of esters is 2. The fourth-order valence-corrected chi connectivity index (χ4v) is 6.87. The fraction of sp³-hybridized carbons (Fsp3) is 0.854. The van der Waals surface area contributed by atoms with Crippen LogP contribution in [0.1, 0.15) is 168 Å². The molecule has 0 saturated carbocycles. The first-order valence-electron chi connectivity index (χ1n) is 20.9. The van der Waals surface area contributed by atoms with Crippen molar-refractivity contribution in [3.05, 3.63) is 24.3 Å². The van der Waals surface area contributed by atoms with E-state index >= 15 is 0 Å². The monoisotopic (exact) mass is 790 g/mol. The van der Waals surface area contributed by atoms with Crippen LogP contribution in [0.3, 0.4) is 0 Å². The van der Waals surface area contributed by atoms with E-state index in [2.05, 4.69) is 38.2 Å². The highest BCUT2D eigenvalue weighted by molar-refractivity contribution is 7.85. The maximum absolute atomic E-state index is 12.7. The molecule has 0 aliphatic carbocycles. The van der Waals surface area contributed by atoms with E-state index in [1.807, 2.05) is 0 Å². The van der Waals surface area contributed by atoms with E-state index in [0.29, 0.717) is 12.8 Å². The van der Waals surface area contributed by atoms with Crippen molar-refractivity contribution in [3.8, 4) is 0 Å². The third kappa shape index (κ3) is 26.9. The van der Waals surface area contributed by atoms with Gasteiger partial charge >= 0.3 is 11.9 Å². The first-order valence-corrected chi connectivity index (χ1v) is 22.5. The average Bonchev–Trinajstić information content (AvgIpc) is 3.13. The van der Waals surface area contributed by atoms with Crippen molar-refractivity contribution in [2.45, 2.75) is 205 Å². The summed E-state index contributed by atoms with van der Waals surface area (Å²) in [4.78, 5) is 25.3. The lowest BCUT2D eigenvalue weighted by Crippen LogP contribution is -2.60. The Hall–Kier alpha value is -1.87. The Morgan fingerprint density at radius 3 is 1.61 bits per heavy atom. The number of carbonyl (C=O) groups excluding carboxylic acids is 2. The molecule has 1 saturated heterocycles. The Labute approximate surface area is 326 Å². The van der Waals surface area contributed by atoms with E-state index < -0.39 is 71.2 Å². The second kappa shape index (κ2) is 32.2. The SMILES string of the molecule is CCCC/C=C/CCCCCCCC(=O)O[C@H](COC(=O)CCCCC/C=C/CCCCCCCCCC)CO[C@H]1O[C@H](CS(=O)(=O)O)[C@@H](O)C(O)C1O. The van der Waals surface area contributed by atoms with Crippen molar-refractivity contribution in [2.75, 3.05) is 19.0 Å². The molecule has 2 unspecified atom stereocenters. The summed E-state index contributed by atoms with van der Waals surface area (Å²) in [6.45, 7) is 3.68. The van der Waals surface area contributed by atoms with Crippen LogP contribution in [0.4, 0.5) is 0 Å². The van der Waals surface area contributed by atoms with Gasteiger partial charge in [0.25, 0.3) is 10.1 Å². The van der Waals surface area contributed by atoms with Crippen molar-refractivity contribution in [2.24, 2.45) is 0 Å². The van der Waals surface area contributed by atoms with Crippen molar-refractivity contribution in [1.82, 2.24) is 0 Å². The van der Waals surface area contributed by atoms with Crippen molar-refractivity contribution in [1.29, 1.82) is 0 Å². The molecule has 0 amide bonds. The normalized spacial score (nSPS) is 21.2. The lowest BCUT2D eigenvalue weighted by Gasteiger charge is -2.40. The molecule has 12 nitrogen and oxygen atoms in total. The molecular weight excluding hydrogens is 717 g/mol. The minimum atomic E-state index is -4.60. The van der Waals surface area contributed by atoms with Gasteiger partial charge in [0.1, 0.15) is 36.8 Å². The summed E-state index contributed by atoms with van der Waals surface area (Å²) in [5.41, 5.74) is 0. The molecular formula is C41H74O12S. The third-order valence-electron chi connectivity index (χ3n) is 9.50. The zero-order chi connectivity index (χ0) is 39.9. The van der Waals surface area contributed by atoms with Crippen LogP contribution in [0.2, 0.25) is 0 Å². The summed E-state index contributed by atoms with van der Waals surface area (Å²) in [6.07, 6.45) is 23.8. The fourth-order valence-electron chi connectivity index (χ4n) is 6.18. The minimum absolute atomic E-state index is 0.152. The molecule has 316 valence electrons. The summed E-state index contributed by atoms with van der Waals surface area (Å²) in [6, 6.07) is 0. The zero-order valence-corrected chi connectivity index (χ0v) is 34.1. The van der Waals surface area contributed by atoms with Gasteiger partial charge in [0.2, 0.25) is 0 Å². The van der Waals surface area contributed by atoms with Crippen LogP contribution in [0.15, 0.2) is 24.3 Å². The van der Waals surface area contributed by atoms with Crippen LogP contribution >= 0.6 is 0 Å². The highest BCUT2D eigenvalue weighted by atomic mass is 32.2. The Morgan fingerprint density at radius 1 is 0.611 bits per heavy atom. The van der Waals surface area contributed by atoms with Gasteiger partial charge in [0.05, 0.1) is 6.61 Å². The van der Waals surface area contributed by atoms with Crippen molar-refractivity contribution in [3.63, 3.8) is 0 Å². The Bertz CT molecular complexity index is 1110. The highest BCUT2D eigenvalue weighted by Crippen LogP contribution is 2.24. The molecule has 1 rings (SSSR count). The Morgan fingerprint density at radius 2 is 1.07 bits per heavy atom. The molecule has 0 aromatic rings. The number of carbonyl (C=O) groups is 2. The van der Waals surface area contributed by atoms with E-state index in [1.165, 1.54) is 64.2 Å². The van der Waals surface area contributed by atoms with Crippen LogP contribution in [-0.4, -0.2) is 96.0 Å². The van der Waals surface area contributed by atoms with Gasteiger partial charge in [0, 0.05) is 12.8 Å². The predicted molar refractivity (Wildman–Crippen MR) is 210 cm³/mol. The number of aliphatic hydroxyl groups excluding tert-OH is 3. The lowest BCUT2D eigenvalue weighted by atomic mass is 10.00. The van der Waals surface area contributed by atoms with Gasteiger partial charge in [-0.15, -0.1) is 0 Å². The molecule has 0 radical (unpaired) electrons. The number of ether oxygens (including phenoxy) is 4. The molecule has 0 aromatic heterocycles. The smallest absolute Gasteiger partial charge is 0.306 e. The molecule has 1 heterocycles. The molecule has 54 heavy (non-hydrogen) atoms. The number of rotatable bonds is 34. The molecule has 0 spiro atoms. The quantitative estimate of drug-likeness (QED) is 0.0216. The summed E-state index contributed by atoms with van der Waals surface area (Å²) >= 11 is 0. The van der Waals surface area contributed by atoms with Crippen LogP contribution in [0.5, 0.6) is 0 Å². The zero-order valence-electron chi connectivity index (χ0n) is 33.3. The number of hydrogen-bond acceptors (Lipinski definition) is 11. The summed E-state index contributed by atoms with van der Waals surface area (Å²) in [7, 11) is -4.60. The number of aliphatic hydroxyl groups is 3. The van der Waals surface area contributed by atoms with Crippen LogP contribution in [0, 0.1) is 0 Å². The van der Waals surface area contributed by atoms with Gasteiger partial charge < -0.3 is 34.3 Å². The predicted octanol–water partition coefficient (Wildman–Crippen LogP) is 7.67. The Balaban J connectivity index is 2.49. The molecule has 13 heteroatoms. The molecule has 1 fully saturated rings. The van der Waals surface area contributed by atoms with Gasteiger partial charge in [-0.05, 0) is 57.8 Å². The van der Waals surface area contributed by atoms with E-state index in [4.69, 9.17) is 18.9 Å². The molecule has 6 atom stereocenters. The van der Waals surface area contributed by atoms with Crippen molar-refractivity contribution < 1.29 is 56.8 Å². The minimum Gasteiger partial charge on any atom is -0.462 e. The van der Waals surface area contributed by atoms with E-state index in [9.17, 15) is 37.9 Å². The van der Waals surface area contributed by atoms with E-state index in [-0.39, 0.29) is 19.4 Å². The summed E-state index contributed by atoms with van der Waals surface area (Å²) in [5, 5.41) is 30.8. The standard InChI is InChI=1S/C41H74O12S/c1-3-5-7-9-11-13-15-16-17-18-20-21-23-25-27-29-36(42)50-31-34(52-37(43)30-28-26-24-22-19-14-12-10-8-6-4-2)32-51-41-40(46)39(45)38(44)35(53-41)33-54(47,48)49/h10,12,18,20,34-35,38-41,44-46H,3-9,11,13-17,19,21-33H2,1-2H3,(H,47,48,49)/b12-10+,20-18+/t34-,35-,38-,39?,40?,41+/m1/s1. The van der Waals surface area contributed by atoms with Crippen molar-refractivity contribution >= 4 is 22.1 Å². The Kier molecular flexibility index (Phi) is 29.9. The maximum Gasteiger partial charge on any atom is 0.306 e. The first kappa shape index (κ1) is 50.1. The number of allylic oxidation sites excluding steroid dienone is 4. The second-order valence-corrected chi connectivity index (χ2v) is 16.1. The molecule has 1 aliphatic rings. The molecule has 0 bridgehead atoms. The van der Waals surface area contributed by atoms with Gasteiger partial charge in [0.15, 0.2) is 12.4 Å². The summed E-state index contributed by atoms with van der Waals surface area (Å²) < 4.78 is 53.8. The maximum atomic E-state index is 12.7. The molecule has 4 N–H and O–H groups in total. The highest BCUT2D eigenvalue weighted by Gasteiger charge is 2.46. The average molecular weight is 791 g/mol. The molecule has 1 aliphatic heterocycles. The van der Waals surface area contributed by atoms with Crippen LogP contribution in [0.25, 0.3) is 0 Å². The first-order chi connectivity index (χ1) is 26.0. The van der Waals surface area contributed by atoms with Crippen LogP contribution in [-0.2, 0) is 38.7 Å². The molecule has 0 aromatic carbocycles. The third-order valence-corrected chi connectivity index (χ3v) is 10.3. The largest absolute Gasteiger partial charge is 0.462 e. The van der Waals surface area contributed by atoms with Crippen LogP contribution < -0.4 is 0 Å².